The van der Waals surface area contributed by atoms with Gasteiger partial charge < -0.3 is 4.98 Å². The van der Waals surface area contributed by atoms with Crippen LogP contribution in [0.5, 0.6) is 0 Å². The van der Waals surface area contributed by atoms with Gasteiger partial charge in [-0.25, -0.2) is 4.98 Å². The molecule has 24 heavy (non-hydrogen) atoms. The minimum absolute atomic E-state index is 0.000971. The topological polar surface area (TPSA) is 69.5 Å². The third-order valence-electron chi connectivity index (χ3n) is 3.88. The molecule has 0 saturated carbocycles. The summed E-state index contributed by atoms with van der Waals surface area (Å²) in [7, 11) is 0. The van der Waals surface area contributed by atoms with Crippen LogP contribution in [0.2, 0.25) is 0 Å². The first-order valence-electron chi connectivity index (χ1n) is 7.66. The molecule has 0 radical (unpaired) electrons. The molecule has 1 aromatic carbocycles. The van der Waals surface area contributed by atoms with E-state index in [-0.39, 0.29) is 11.0 Å². The number of hydrogen-bond donors (Lipinski definition) is 1. The number of pyridine rings is 1. The monoisotopic (exact) mass is 335 g/mol. The van der Waals surface area contributed by atoms with Crippen molar-refractivity contribution >= 4 is 28.4 Å². The Morgan fingerprint density at radius 1 is 1.29 bits per heavy atom. The fraction of sp³-hybridized carbons (Fsp3) is 0.211. The minimum atomic E-state index is -0.334. The number of nitrogens with zero attached hydrogens (tertiary/aromatic N) is 2. The van der Waals surface area contributed by atoms with E-state index in [1.807, 2.05) is 57.2 Å². The Hall–Kier alpha value is -2.58. The van der Waals surface area contributed by atoms with Crippen LogP contribution in [0, 0.1) is 25.2 Å². The van der Waals surface area contributed by atoms with Gasteiger partial charge in [0.1, 0.15) is 11.1 Å². The highest BCUT2D eigenvalue weighted by molar-refractivity contribution is 8.00. The van der Waals surface area contributed by atoms with Gasteiger partial charge in [0.25, 0.3) is 0 Å². The van der Waals surface area contributed by atoms with Crippen molar-refractivity contribution < 1.29 is 4.79 Å². The van der Waals surface area contributed by atoms with Crippen molar-refractivity contribution in [1.82, 2.24) is 9.97 Å². The maximum absolute atomic E-state index is 12.7. The standard InChI is InChI=1S/C19H17N3OS/c1-11-8-12(2)21-19(15(11)10-20)24-13(3)18(23)17-9-14-6-4-5-7-16(14)22-17/h4-9,13,22H,1-3H3. The molecule has 0 aliphatic heterocycles. The summed E-state index contributed by atoms with van der Waals surface area (Å²) < 4.78 is 0. The Kier molecular flexibility index (Phi) is 4.41. The predicted octanol–water partition coefficient (Wildman–Crippen LogP) is 4.41. The molecule has 2 heterocycles. The van der Waals surface area contributed by atoms with Gasteiger partial charge in [-0.2, -0.15) is 5.26 Å². The van der Waals surface area contributed by atoms with E-state index < -0.39 is 0 Å². The van der Waals surface area contributed by atoms with E-state index >= 15 is 0 Å². The number of fused-ring (bicyclic) bond motifs is 1. The average molecular weight is 335 g/mol. The Bertz CT molecular complexity index is 935. The summed E-state index contributed by atoms with van der Waals surface area (Å²) in [4.78, 5) is 20.3. The van der Waals surface area contributed by atoms with Gasteiger partial charge in [-0.15, -0.1) is 0 Å². The second kappa shape index (κ2) is 6.50. The van der Waals surface area contributed by atoms with Crippen molar-refractivity contribution in [2.45, 2.75) is 31.0 Å². The number of benzene rings is 1. The molecule has 0 saturated heterocycles. The second-order valence-electron chi connectivity index (χ2n) is 5.77. The van der Waals surface area contributed by atoms with Crippen LogP contribution in [0.1, 0.15) is 34.2 Å². The van der Waals surface area contributed by atoms with Crippen LogP contribution >= 0.6 is 11.8 Å². The van der Waals surface area contributed by atoms with E-state index in [1.165, 1.54) is 11.8 Å². The number of ketones is 1. The van der Waals surface area contributed by atoms with Gasteiger partial charge in [0, 0.05) is 16.6 Å². The summed E-state index contributed by atoms with van der Waals surface area (Å²) in [5, 5.41) is 10.7. The SMILES string of the molecule is Cc1cc(C)c(C#N)c(SC(C)C(=O)c2cc3ccccc3[nH]2)n1. The van der Waals surface area contributed by atoms with E-state index in [0.717, 1.165) is 22.2 Å². The number of H-pyrrole nitrogens is 1. The van der Waals surface area contributed by atoms with Crippen molar-refractivity contribution in [2.75, 3.05) is 0 Å². The highest BCUT2D eigenvalue weighted by atomic mass is 32.2. The fourth-order valence-corrected chi connectivity index (χ4v) is 3.76. The van der Waals surface area contributed by atoms with Gasteiger partial charge in [-0.3, -0.25) is 4.79 Å². The molecule has 4 nitrogen and oxygen atoms in total. The number of Topliss-reactive ketones (excluding diaryl/α,β-unsaturated/α-hetero) is 1. The molecule has 3 aromatic rings. The second-order valence-corrected chi connectivity index (χ2v) is 7.10. The number of nitriles is 1. The Labute approximate surface area is 144 Å². The van der Waals surface area contributed by atoms with Crippen LogP contribution in [0.25, 0.3) is 10.9 Å². The van der Waals surface area contributed by atoms with Crippen LogP contribution in [-0.2, 0) is 0 Å². The molecular formula is C19H17N3OS. The molecule has 5 heteroatoms. The maximum atomic E-state index is 12.7. The number of carbonyl (C=O) groups excluding carboxylic acids is 1. The summed E-state index contributed by atoms with van der Waals surface area (Å²) in [6, 6.07) is 13.7. The van der Waals surface area contributed by atoms with Crippen molar-refractivity contribution in [1.29, 1.82) is 5.26 Å². The van der Waals surface area contributed by atoms with Gasteiger partial charge in [0.2, 0.25) is 0 Å². The summed E-state index contributed by atoms with van der Waals surface area (Å²) in [5.74, 6) is 0.000971. The largest absolute Gasteiger partial charge is 0.352 e. The molecule has 0 bridgehead atoms. The highest BCUT2D eigenvalue weighted by Gasteiger charge is 2.21. The van der Waals surface area contributed by atoms with Crippen molar-refractivity contribution in [2.24, 2.45) is 0 Å². The first-order chi connectivity index (χ1) is 11.5. The lowest BCUT2D eigenvalue weighted by Crippen LogP contribution is -2.14. The lowest BCUT2D eigenvalue weighted by Gasteiger charge is -2.11. The number of aromatic nitrogens is 2. The molecular weight excluding hydrogens is 318 g/mol. The zero-order valence-electron chi connectivity index (χ0n) is 13.8. The highest BCUT2D eigenvalue weighted by Crippen LogP contribution is 2.29. The number of rotatable bonds is 4. The Balaban J connectivity index is 1.88. The molecule has 0 spiro atoms. The van der Waals surface area contributed by atoms with Crippen molar-refractivity contribution in [3.05, 3.63) is 58.9 Å². The van der Waals surface area contributed by atoms with Gasteiger partial charge in [0.05, 0.1) is 16.5 Å². The molecule has 2 aromatic heterocycles. The quantitative estimate of drug-likeness (QED) is 0.566. The van der Waals surface area contributed by atoms with Crippen LogP contribution in [0.15, 0.2) is 41.4 Å². The summed E-state index contributed by atoms with van der Waals surface area (Å²) >= 11 is 1.33. The normalized spacial score (nSPS) is 12.1. The third kappa shape index (κ3) is 3.06. The number of carbonyl (C=O) groups is 1. The summed E-state index contributed by atoms with van der Waals surface area (Å²) in [6.07, 6.45) is 0. The first kappa shape index (κ1) is 16.3. The van der Waals surface area contributed by atoms with E-state index in [1.54, 1.807) is 0 Å². The lowest BCUT2D eigenvalue weighted by atomic mass is 10.1. The zero-order valence-corrected chi connectivity index (χ0v) is 14.6. The number of aromatic amines is 1. The number of nitrogens with one attached hydrogen (secondary N) is 1. The van der Waals surface area contributed by atoms with Crippen LogP contribution in [0.4, 0.5) is 0 Å². The van der Waals surface area contributed by atoms with Gasteiger partial charge in [-0.05, 0) is 44.5 Å². The predicted molar refractivity (Wildman–Crippen MR) is 96.4 cm³/mol. The van der Waals surface area contributed by atoms with Crippen LogP contribution in [0.3, 0.4) is 0 Å². The number of aryl methyl sites for hydroxylation is 2. The Morgan fingerprint density at radius 2 is 2.04 bits per heavy atom. The zero-order chi connectivity index (χ0) is 17.3. The van der Waals surface area contributed by atoms with Gasteiger partial charge in [-0.1, -0.05) is 30.0 Å². The number of para-hydroxylation sites is 1. The molecule has 120 valence electrons. The molecule has 1 atom stereocenters. The van der Waals surface area contributed by atoms with E-state index in [9.17, 15) is 10.1 Å². The molecule has 1 unspecified atom stereocenters. The Morgan fingerprint density at radius 3 is 2.75 bits per heavy atom. The number of hydrogen-bond acceptors (Lipinski definition) is 4. The van der Waals surface area contributed by atoms with E-state index in [2.05, 4.69) is 16.0 Å². The maximum Gasteiger partial charge on any atom is 0.192 e. The fourth-order valence-electron chi connectivity index (χ4n) is 2.67. The molecule has 0 aliphatic carbocycles. The van der Waals surface area contributed by atoms with Crippen LogP contribution in [-0.4, -0.2) is 21.0 Å². The lowest BCUT2D eigenvalue weighted by molar-refractivity contribution is 0.0990. The molecule has 0 fully saturated rings. The number of thioether (sulfide) groups is 1. The average Bonchev–Trinajstić information content (AvgIpc) is 2.97. The van der Waals surface area contributed by atoms with E-state index in [0.29, 0.717) is 16.3 Å². The summed E-state index contributed by atoms with van der Waals surface area (Å²) in [5.41, 5.74) is 3.80. The van der Waals surface area contributed by atoms with Gasteiger partial charge >= 0.3 is 0 Å². The molecule has 0 aliphatic rings. The molecule has 0 amide bonds. The first-order valence-corrected chi connectivity index (χ1v) is 8.54. The van der Waals surface area contributed by atoms with Crippen molar-refractivity contribution in [3.63, 3.8) is 0 Å². The smallest absolute Gasteiger partial charge is 0.192 e. The van der Waals surface area contributed by atoms with Crippen molar-refractivity contribution in [3.8, 4) is 6.07 Å². The minimum Gasteiger partial charge on any atom is -0.352 e. The molecule has 1 N–H and O–H groups in total. The van der Waals surface area contributed by atoms with Gasteiger partial charge in [0.15, 0.2) is 5.78 Å². The summed E-state index contributed by atoms with van der Waals surface area (Å²) in [6.45, 7) is 5.63. The molecule has 3 rings (SSSR count). The van der Waals surface area contributed by atoms with E-state index in [4.69, 9.17) is 0 Å². The van der Waals surface area contributed by atoms with Crippen LogP contribution < -0.4 is 0 Å². The third-order valence-corrected chi connectivity index (χ3v) is 4.96.